The van der Waals surface area contributed by atoms with Gasteiger partial charge in [-0.05, 0) is 55.7 Å². The Labute approximate surface area is 170 Å². The molecule has 0 aromatic heterocycles. The summed E-state index contributed by atoms with van der Waals surface area (Å²) in [4.78, 5) is 14.2. The van der Waals surface area contributed by atoms with E-state index in [0.29, 0.717) is 24.2 Å². The topological polar surface area (TPSA) is 92.5 Å². The molecule has 3 rings (SSSR count). The zero-order chi connectivity index (χ0) is 19.6. The molecule has 1 amide bonds. The maximum Gasteiger partial charge on any atom is 0.261 e. The SMILES string of the molecule is Cc1ccc(S(=O)(=O)Nc2cccc(C(=O)N3CCC(N)CC3)c2)cc1F.Cl. The minimum atomic E-state index is -3.96. The van der Waals surface area contributed by atoms with Crippen molar-refractivity contribution >= 4 is 34.0 Å². The number of carbonyl (C=O) groups excluding carboxylic acids is 1. The van der Waals surface area contributed by atoms with E-state index in [2.05, 4.69) is 4.72 Å². The van der Waals surface area contributed by atoms with E-state index in [0.717, 1.165) is 18.9 Å². The smallest absolute Gasteiger partial charge is 0.261 e. The third-order valence-corrected chi connectivity index (χ3v) is 6.02. The summed E-state index contributed by atoms with van der Waals surface area (Å²) in [6.07, 6.45) is 1.49. The second-order valence-electron chi connectivity index (χ2n) is 6.73. The van der Waals surface area contributed by atoms with Gasteiger partial charge in [-0.25, -0.2) is 12.8 Å². The van der Waals surface area contributed by atoms with Gasteiger partial charge in [0.25, 0.3) is 15.9 Å². The molecule has 0 unspecified atom stereocenters. The predicted molar refractivity (Wildman–Crippen MR) is 109 cm³/mol. The first-order valence-corrected chi connectivity index (χ1v) is 10.2. The average Bonchev–Trinajstić information content (AvgIpc) is 2.64. The first-order valence-electron chi connectivity index (χ1n) is 8.70. The first kappa shape index (κ1) is 22.1. The van der Waals surface area contributed by atoms with Crippen molar-refractivity contribution in [3.8, 4) is 0 Å². The van der Waals surface area contributed by atoms with E-state index in [1.165, 1.54) is 18.2 Å². The molecule has 6 nitrogen and oxygen atoms in total. The number of benzene rings is 2. The van der Waals surface area contributed by atoms with Crippen LogP contribution in [0.1, 0.15) is 28.8 Å². The van der Waals surface area contributed by atoms with E-state index in [-0.39, 0.29) is 34.9 Å². The van der Waals surface area contributed by atoms with Crippen molar-refractivity contribution in [1.82, 2.24) is 4.90 Å². The van der Waals surface area contributed by atoms with Crippen LogP contribution in [0.3, 0.4) is 0 Å². The molecule has 1 saturated heterocycles. The molecular weight excluding hydrogens is 405 g/mol. The maximum atomic E-state index is 13.7. The molecule has 9 heteroatoms. The van der Waals surface area contributed by atoms with Gasteiger partial charge in [-0.1, -0.05) is 12.1 Å². The molecule has 1 aliphatic rings. The minimum Gasteiger partial charge on any atom is -0.339 e. The number of hydrogen-bond acceptors (Lipinski definition) is 4. The van der Waals surface area contributed by atoms with Crippen molar-refractivity contribution < 1.29 is 17.6 Å². The summed E-state index contributed by atoms with van der Waals surface area (Å²) in [5.41, 5.74) is 6.86. The molecule has 3 N–H and O–H groups in total. The van der Waals surface area contributed by atoms with Gasteiger partial charge >= 0.3 is 0 Å². The molecule has 0 radical (unpaired) electrons. The van der Waals surface area contributed by atoms with E-state index in [1.807, 2.05) is 0 Å². The summed E-state index contributed by atoms with van der Waals surface area (Å²) in [6.45, 7) is 2.72. The first-order chi connectivity index (χ1) is 12.8. The maximum absolute atomic E-state index is 13.7. The van der Waals surface area contributed by atoms with Crippen molar-refractivity contribution in [2.75, 3.05) is 17.8 Å². The molecule has 28 heavy (non-hydrogen) atoms. The monoisotopic (exact) mass is 427 g/mol. The van der Waals surface area contributed by atoms with E-state index in [1.54, 1.807) is 30.0 Å². The molecular formula is C19H23ClFN3O3S. The normalized spacial score (nSPS) is 15.0. The average molecular weight is 428 g/mol. The summed E-state index contributed by atoms with van der Waals surface area (Å²) >= 11 is 0. The Hall–Kier alpha value is -2.16. The lowest BCUT2D eigenvalue weighted by Crippen LogP contribution is -2.42. The molecule has 1 fully saturated rings. The third kappa shape index (κ3) is 5.01. The van der Waals surface area contributed by atoms with Crippen LogP contribution in [0.2, 0.25) is 0 Å². The fourth-order valence-corrected chi connectivity index (χ4v) is 4.02. The quantitative estimate of drug-likeness (QED) is 0.784. The van der Waals surface area contributed by atoms with Gasteiger partial charge in [-0.3, -0.25) is 9.52 Å². The summed E-state index contributed by atoms with van der Waals surface area (Å²) in [7, 11) is -3.96. The fourth-order valence-electron chi connectivity index (χ4n) is 2.96. The zero-order valence-corrected chi connectivity index (χ0v) is 17.0. The van der Waals surface area contributed by atoms with Crippen LogP contribution in [-0.4, -0.2) is 38.4 Å². The standard InChI is InChI=1S/C19H22FN3O3S.ClH/c1-13-5-6-17(12-18(13)20)27(25,26)22-16-4-2-3-14(11-16)19(24)23-9-7-15(21)8-10-23;/h2-6,11-12,15,22H,7-10,21H2,1H3;1H. The van der Waals surface area contributed by atoms with E-state index in [4.69, 9.17) is 5.73 Å². The molecule has 1 aliphatic heterocycles. The zero-order valence-electron chi connectivity index (χ0n) is 15.4. The number of nitrogens with one attached hydrogen (secondary N) is 1. The number of nitrogens with zero attached hydrogens (tertiary/aromatic N) is 1. The lowest BCUT2D eigenvalue weighted by Gasteiger charge is -2.30. The van der Waals surface area contributed by atoms with E-state index in [9.17, 15) is 17.6 Å². The molecule has 152 valence electrons. The van der Waals surface area contributed by atoms with Crippen LogP contribution < -0.4 is 10.5 Å². The van der Waals surface area contributed by atoms with Crippen LogP contribution in [0.15, 0.2) is 47.4 Å². The number of carbonyl (C=O) groups is 1. The lowest BCUT2D eigenvalue weighted by molar-refractivity contribution is 0.0715. The number of likely N-dealkylation sites (tertiary alicyclic amines) is 1. The number of halogens is 2. The Morgan fingerprint density at radius 3 is 2.50 bits per heavy atom. The third-order valence-electron chi connectivity index (χ3n) is 4.64. The number of nitrogens with two attached hydrogens (primary N) is 1. The highest BCUT2D eigenvalue weighted by atomic mass is 35.5. The Morgan fingerprint density at radius 1 is 1.18 bits per heavy atom. The molecule has 1 heterocycles. The Morgan fingerprint density at radius 2 is 1.86 bits per heavy atom. The van der Waals surface area contributed by atoms with Crippen molar-refractivity contribution in [3.05, 3.63) is 59.4 Å². The largest absolute Gasteiger partial charge is 0.339 e. The van der Waals surface area contributed by atoms with Gasteiger partial charge in [-0.2, -0.15) is 0 Å². The number of rotatable bonds is 4. The van der Waals surface area contributed by atoms with Gasteiger partial charge in [0.1, 0.15) is 5.82 Å². The Kier molecular flexibility index (Phi) is 7.03. The number of hydrogen-bond donors (Lipinski definition) is 2. The van der Waals surface area contributed by atoms with Crippen LogP contribution >= 0.6 is 12.4 Å². The van der Waals surface area contributed by atoms with Crippen LogP contribution in [0, 0.1) is 12.7 Å². The number of piperidine rings is 1. The Balaban J connectivity index is 0.00000280. The highest BCUT2D eigenvalue weighted by Gasteiger charge is 2.22. The van der Waals surface area contributed by atoms with E-state index < -0.39 is 15.8 Å². The summed E-state index contributed by atoms with van der Waals surface area (Å²) in [5, 5.41) is 0. The van der Waals surface area contributed by atoms with Crippen LogP contribution in [-0.2, 0) is 10.0 Å². The van der Waals surface area contributed by atoms with Gasteiger partial charge in [0.05, 0.1) is 4.90 Å². The fraction of sp³-hybridized carbons (Fsp3) is 0.316. The number of amides is 1. The highest BCUT2D eigenvalue weighted by Crippen LogP contribution is 2.21. The van der Waals surface area contributed by atoms with Crippen LogP contribution in [0.25, 0.3) is 0 Å². The molecule has 2 aromatic rings. The van der Waals surface area contributed by atoms with Gasteiger partial charge in [0.15, 0.2) is 0 Å². The van der Waals surface area contributed by atoms with Gasteiger partial charge in [0.2, 0.25) is 0 Å². The summed E-state index contributed by atoms with van der Waals surface area (Å²) in [5.74, 6) is -0.755. The molecule has 0 atom stereocenters. The highest BCUT2D eigenvalue weighted by molar-refractivity contribution is 7.92. The molecule has 0 bridgehead atoms. The number of aryl methyl sites for hydroxylation is 1. The molecule has 0 aliphatic carbocycles. The molecule has 0 saturated carbocycles. The van der Waals surface area contributed by atoms with Crippen LogP contribution in [0.5, 0.6) is 0 Å². The molecule has 2 aromatic carbocycles. The van der Waals surface area contributed by atoms with Gasteiger partial charge in [-0.15, -0.1) is 12.4 Å². The Bertz CT molecular complexity index is 961. The van der Waals surface area contributed by atoms with Crippen LogP contribution in [0.4, 0.5) is 10.1 Å². The lowest BCUT2D eigenvalue weighted by atomic mass is 10.0. The number of anilines is 1. The van der Waals surface area contributed by atoms with E-state index >= 15 is 0 Å². The van der Waals surface area contributed by atoms with Crippen molar-refractivity contribution in [1.29, 1.82) is 0 Å². The van der Waals surface area contributed by atoms with Gasteiger partial charge < -0.3 is 10.6 Å². The summed E-state index contributed by atoms with van der Waals surface area (Å²) in [6, 6.07) is 10.1. The second-order valence-corrected chi connectivity index (χ2v) is 8.41. The number of sulfonamides is 1. The van der Waals surface area contributed by atoms with Crippen molar-refractivity contribution in [2.45, 2.75) is 30.7 Å². The predicted octanol–water partition coefficient (Wildman–Crippen LogP) is 2.92. The molecule has 0 spiro atoms. The summed E-state index contributed by atoms with van der Waals surface area (Å²) < 4.78 is 41.1. The second kappa shape index (κ2) is 8.89. The van der Waals surface area contributed by atoms with Crippen molar-refractivity contribution in [2.24, 2.45) is 5.73 Å². The van der Waals surface area contributed by atoms with Crippen molar-refractivity contribution in [3.63, 3.8) is 0 Å². The minimum absolute atomic E-state index is 0. The van der Waals surface area contributed by atoms with Gasteiger partial charge in [0, 0.05) is 30.4 Å².